The van der Waals surface area contributed by atoms with Crippen LogP contribution in [-0.2, 0) is 0 Å². The predicted octanol–water partition coefficient (Wildman–Crippen LogP) is 4.09. The van der Waals surface area contributed by atoms with E-state index in [4.69, 9.17) is 17.3 Å². The second kappa shape index (κ2) is 5.79. The summed E-state index contributed by atoms with van der Waals surface area (Å²) in [6.45, 7) is 1.95. The highest BCUT2D eigenvalue weighted by Crippen LogP contribution is 2.22. The molecule has 0 aliphatic heterocycles. The normalized spacial score (nSPS) is 10.3. The number of nitrogens with one attached hydrogen (secondary N) is 1. The van der Waals surface area contributed by atoms with E-state index in [2.05, 4.69) is 27.9 Å². The van der Waals surface area contributed by atoms with Crippen molar-refractivity contribution in [1.29, 1.82) is 0 Å². The smallest absolute Gasteiger partial charge is 0.255 e. The Balaban J connectivity index is 2.23. The van der Waals surface area contributed by atoms with E-state index in [9.17, 15) is 4.79 Å². The third kappa shape index (κ3) is 3.39. The van der Waals surface area contributed by atoms with Crippen molar-refractivity contribution in [3.8, 4) is 0 Å². The summed E-state index contributed by atoms with van der Waals surface area (Å²) in [4.78, 5) is 12.1. The van der Waals surface area contributed by atoms with Gasteiger partial charge in [0, 0.05) is 9.13 Å². The molecule has 0 atom stereocenters. The zero-order chi connectivity index (χ0) is 14.0. The summed E-state index contributed by atoms with van der Waals surface area (Å²) in [6, 6.07) is 10.7. The van der Waals surface area contributed by atoms with Crippen LogP contribution in [0.25, 0.3) is 0 Å². The SMILES string of the molecule is Cc1ccc(NC(=O)c2ccc(I)c(Cl)c2)c(N)c1. The van der Waals surface area contributed by atoms with Crippen LogP contribution in [0.2, 0.25) is 5.02 Å². The minimum Gasteiger partial charge on any atom is -0.397 e. The van der Waals surface area contributed by atoms with Crippen molar-refractivity contribution in [3.63, 3.8) is 0 Å². The Morgan fingerprint density at radius 3 is 2.63 bits per heavy atom. The molecule has 98 valence electrons. The number of rotatable bonds is 2. The van der Waals surface area contributed by atoms with Gasteiger partial charge in [-0.3, -0.25) is 4.79 Å². The zero-order valence-corrected chi connectivity index (χ0v) is 13.1. The molecular formula is C14H12ClIN2O. The fourth-order valence-corrected chi connectivity index (χ4v) is 2.14. The van der Waals surface area contributed by atoms with Gasteiger partial charge in [-0.2, -0.15) is 0 Å². The Bertz CT molecular complexity index is 643. The van der Waals surface area contributed by atoms with Gasteiger partial charge in [-0.1, -0.05) is 17.7 Å². The number of halogens is 2. The van der Waals surface area contributed by atoms with Gasteiger partial charge in [0.2, 0.25) is 0 Å². The molecule has 3 nitrogen and oxygen atoms in total. The van der Waals surface area contributed by atoms with E-state index in [1.54, 1.807) is 24.3 Å². The first-order valence-corrected chi connectivity index (χ1v) is 7.05. The summed E-state index contributed by atoms with van der Waals surface area (Å²) in [5.41, 5.74) is 8.56. The molecule has 0 heterocycles. The highest BCUT2D eigenvalue weighted by molar-refractivity contribution is 14.1. The van der Waals surface area contributed by atoms with Crippen LogP contribution in [0.1, 0.15) is 15.9 Å². The van der Waals surface area contributed by atoms with Gasteiger partial charge in [-0.05, 0) is 65.4 Å². The lowest BCUT2D eigenvalue weighted by Crippen LogP contribution is -2.13. The second-order valence-corrected chi connectivity index (χ2v) is 5.74. The molecule has 0 aromatic heterocycles. The van der Waals surface area contributed by atoms with Gasteiger partial charge in [0.1, 0.15) is 0 Å². The van der Waals surface area contributed by atoms with Gasteiger partial charge in [-0.25, -0.2) is 0 Å². The fourth-order valence-electron chi connectivity index (χ4n) is 1.63. The number of hydrogen-bond acceptors (Lipinski definition) is 2. The number of nitrogens with two attached hydrogens (primary N) is 1. The predicted molar refractivity (Wildman–Crippen MR) is 87.7 cm³/mol. The van der Waals surface area contributed by atoms with Crippen LogP contribution < -0.4 is 11.1 Å². The van der Waals surface area contributed by atoms with Crippen LogP contribution in [-0.4, -0.2) is 5.91 Å². The van der Waals surface area contributed by atoms with Crippen LogP contribution in [0.5, 0.6) is 0 Å². The van der Waals surface area contributed by atoms with Crippen molar-refractivity contribution >= 4 is 51.5 Å². The monoisotopic (exact) mass is 386 g/mol. The molecular weight excluding hydrogens is 375 g/mol. The number of nitrogen functional groups attached to an aromatic ring is 1. The van der Waals surface area contributed by atoms with E-state index < -0.39 is 0 Å². The Hall–Kier alpha value is -1.27. The first-order valence-electron chi connectivity index (χ1n) is 5.60. The van der Waals surface area contributed by atoms with Crippen molar-refractivity contribution in [1.82, 2.24) is 0 Å². The Kier molecular flexibility index (Phi) is 4.31. The Morgan fingerprint density at radius 2 is 2.00 bits per heavy atom. The molecule has 5 heteroatoms. The van der Waals surface area contributed by atoms with Crippen LogP contribution in [0.15, 0.2) is 36.4 Å². The first kappa shape index (κ1) is 14.1. The third-order valence-electron chi connectivity index (χ3n) is 2.64. The minimum absolute atomic E-state index is 0.228. The fraction of sp³-hybridized carbons (Fsp3) is 0.0714. The maximum atomic E-state index is 12.1. The number of aryl methyl sites for hydroxylation is 1. The van der Waals surface area contributed by atoms with Crippen molar-refractivity contribution in [2.75, 3.05) is 11.1 Å². The lowest BCUT2D eigenvalue weighted by atomic mass is 10.1. The number of carbonyl (C=O) groups is 1. The van der Waals surface area contributed by atoms with Gasteiger partial charge >= 0.3 is 0 Å². The number of hydrogen-bond donors (Lipinski definition) is 2. The van der Waals surface area contributed by atoms with E-state index in [0.717, 1.165) is 9.13 Å². The van der Waals surface area contributed by atoms with Crippen molar-refractivity contribution in [2.24, 2.45) is 0 Å². The lowest BCUT2D eigenvalue weighted by Gasteiger charge is -2.09. The van der Waals surface area contributed by atoms with Crippen LogP contribution >= 0.6 is 34.2 Å². The van der Waals surface area contributed by atoms with Gasteiger partial charge in [-0.15, -0.1) is 0 Å². The highest BCUT2D eigenvalue weighted by atomic mass is 127. The van der Waals surface area contributed by atoms with Crippen molar-refractivity contribution in [2.45, 2.75) is 6.92 Å². The van der Waals surface area contributed by atoms with E-state index in [-0.39, 0.29) is 5.91 Å². The van der Waals surface area contributed by atoms with Gasteiger partial charge in [0.05, 0.1) is 16.4 Å². The van der Waals surface area contributed by atoms with Gasteiger partial charge < -0.3 is 11.1 Å². The maximum Gasteiger partial charge on any atom is 0.255 e. The van der Waals surface area contributed by atoms with Crippen molar-refractivity contribution in [3.05, 3.63) is 56.1 Å². The number of anilines is 2. The summed E-state index contributed by atoms with van der Waals surface area (Å²) in [6.07, 6.45) is 0. The summed E-state index contributed by atoms with van der Waals surface area (Å²) >= 11 is 8.11. The molecule has 0 saturated carbocycles. The summed E-state index contributed by atoms with van der Waals surface area (Å²) in [5.74, 6) is -0.228. The average molecular weight is 387 g/mol. The molecule has 0 fully saturated rings. The van der Waals surface area contributed by atoms with Crippen LogP contribution in [0.4, 0.5) is 11.4 Å². The molecule has 19 heavy (non-hydrogen) atoms. The highest BCUT2D eigenvalue weighted by Gasteiger charge is 2.09. The summed E-state index contributed by atoms with van der Waals surface area (Å²) in [7, 11) is 0. The molecule has 2 rings (SSSR count). The summed E-state index contributed by atoms with van der Waals surface area (Å²) in [5, 5.41) is 3.34. The molecule has 2 aromatic carbocycles. The maximum absolute atomic E-state index is 12.1. The second-order valence-electron chi connectivity index (χ2n) is 4.17. The molecule has 0 radical (unpaired) electrons. The third-order valence-corrected chi connectivity index (χ3v) is 4.21. The molecule has 0 spiro atoms. The lowest BCUT2D eigenvalue weighted by molar-refractivity contribution is 0.102. The van der Waals surface area contributed by atoms with E-state index in [1.807, 2.05) is 19.1 Å². The van der Waals surface area contributed by atoms with Gasteiger partial charge in [0.15, 0.2) is 0 Å². The van der Waals surface area contributed by atoms with Crippen LogP contribution in [0, 0.1) is 10.5 Å². The van der Waals surface area contributed by atoms with E-state index in [1.165, 1.54) is 0 Å². The van der Waals surface area contributed by atoms with Gasteiger partial charge in [0.25, 0.3) is 5.91 Å². The van der Waals surface area contributed by atoms with E-state index >= 15 is 0 Å². The molecule has 0 unspecified atom stereocenters. The number of benzene rings is 2. The number of amides is 1. The first-order chi connectivity index (χ1) is 8.97. The number of carbonyl (C=O) groups excluding carboxylic acids is 1. The summed E-state index contributed by atoms with van der Waals surface area (Å²) < 4.78 is 0.908. The largest absolute Gasteiger partial charge is 0.397 e. The quantitative estimate of drug-likeness (QED) is 0.603. The topological polar surface area (TPSA) is 55.1 Å². The molecule has 0 bridgehead atoms. The van der Waals surface area contributed by atoms with Crippen molar-refractivity contribution < 1.29 is 4.79 Å². The molecule has 1 amide bonds. The molecule has 2 aromatic rings. The molecule has 0 saturated heterocycles. The van der Waals surface area contributed by atoms with E-state index in [0.29, 0.717) is 22.0 Å². The standard InChI is InChI=1S/C14H12ClIN2O/c1-8-2-5-13(12(17)6-8)18-14(19)9-3-4-11(16)10(15)7-9/h2-7H,17H2,1H3,(H,18,19). The Labute approximate surface area is 130 Å². The average Bonchev–Trinajstić information content (AvgIpc) is 2.36. The van der Waals surface area contributed by atoms with Crippen LogP contribution in [0.3, 0.4) is 0 Å². The minimum atomic E-state index is -0.228. The molecule has 3 N–H and O–H groups in total. The molecule has 0 aliphatic rings. The Morgan fingerprint density at radius 1 is 1.26 bits per heavy atom. The zero-order valence-electron chi connectivity index (χ0n) is 10.2. The molecule has 0 aliphatic carbocycles.